The van der Waals surface area contributed by atoms with Crippen molar-refractivity contribution in [3.63, 3.8) is 0 Å². The summed E-state index contributed by atoms with van der Waals surface area (Å²) in [6.45, 7) is 0.555. The first kappa shape index (κ1) is 16.1. The molecule has 9 heteroatoms. The zero-order chi connectivity index (χ0) is 13.5. The third-order valence-corrected chi connectivity index (χ3v) is 2.00. The van der Waals surface area contributed by atoms with Gasteiger partial charge in [0.15, 0.2) is 5.96 Å². The Morgan fingerprint density at radius 1 is 1.35 bits per heavy atom. The number of nitrogens with two attached hydrogens (primary N) is 2. The van der Waals surface area contributed by atoms with E-state index in [1.807, 2.05) is 24.3 Å². The van der Waals surface area contributed by atoms with Gasteiger partial charge in [0.1, 0.15) is 0 Å². The summed E-state index contributed by atoms with van der Waals surface area (Å²) in [6, 6.07) is 8.06. The van der Waals surface area contributed by atoms with Crippen LogP contribution in [0.3, 0.4) is 0 Å². The van der Waals surface area contributed by atoms with Crippen LogP contribution in [0.5, 0.6) is 0 Å². The molecular weight excluding hydrogens is 361 g/mol. The largest absolute Gasteiger partial charge is 0.394 e. The number of hydrogen-bond acceptors (Lipinski definition) is 3. The van der Waals surface area contributed by atoms with Gasteiger partial charge in [0.25, 0.3) is 0 Å². The Morgan fingerprint density at radius 3 is 2.29 bits per heavy atom. The minimum Gasteiger partial charge on any atom is -0.370 e. The van der Waals surface area contributed by atoms with E-state index in [-0.39, 0.29) is 5.96 Å². The molecular formula is C8H12IN3O4S. The number of halogens is 1. The summed E-state index contributed by atoms with van der Waals surface area (Å²) in [6.07, 6.45) is 0. The van der Waals surface area contributed by atoms with Crippen molar-refractivity contribution in [3.8, 4) is 0 Å². The highest BCUT2D eigenvalue weighted by molar-refractivity contribution is 14.1. The van der Waals surface area contributed by atoms with E-state index >= 15 is 0 Å². The molecule has 0 spiro atoms. The molecule has 0 aliphatic carbocycles. The fourth-order valence-electron chi connectivity index (χ4n) is 0.818. The van der Waals surface area contributed by atoms with E-state index in [0.717, 1.165) is 5.56 Å². The fourth-order valence-corrected chi connectivity index (χ4v) is 1.43. The van der Waals surface area contributed by atoms with Crippen molar-refractivity contribution in [2.75, 3.05) is 0 Å². The van der Waals surface area contributed by atoms with Crippen molar-refractivity contribution in [2.24, 2.45) is 16.5 Å². The first-order valence-electron chi connectivity index (χ1n) is 4.18. The molecule has 0 saturated heterocycles. The highest BCUT2D eigenvalue weighted by atomic mass is 127. The van der Waals surface area contributed by atoms with Crippen LogP contribution in [0.15, 0.2) is 29.3 Å². The van der Waals surface area contributed by atoms with Crippen molar-refractivity contribution in [1.82, 2.24) is 0 Å². The first-order valence-corrected chi connectivity index (χ1v) is 6.66. The average Bonchev–Trinajstić information content (AvgIpc) is 2.12. The number of nitrogens with zero attached hydrogens (tertiary/aromatic N) is 1. The van der Waals surface area contributed by atoms with Crippen LogP contribution in [0.1, 0.15) is 5.56 Å². The molecule has 0 heterocycles. The second-order valence-corrected chi connectivity index (χ2v) is 4.96. The van der Waals surface area contributed by atoms with Gasteiger partial charge in [0.05, 0.1) is 6.54 Å². The lowest BCUT2D eigenvalue weighted by atomic mass is 10.2. The first-order chi connectivity index (χ1) is 7.68. The lowest BCUT2D eigenvalue weighted by Gasteiger charge is -1.97. The summed E-state index contributed by atoms with van der Waals surface area (Å²) in [5.74, 6) is 0.133. The Kier molecular flexibility index (Phi) is 7.03. The SMILES string of the molecule is NC(N)=NCc1cccc(I)c1.O=S(=O)(O)O. The highest BCUT2D eigenvalue weighted by Crippen LogP contribution is 2.08. The van der Waals surface area contributed by atoms with E-state index < -0.39 is 10.4 Å². The van der Waals surface area contributed by atoms with E-state index in [4.69, 9.17) is 29.0 Å². The molecule has 0 amide bonds. The number of guanidine groups is 1. The molecule has 17 heavy (non-hydrogen) atoms. The van der Waals surface area contributed by atoms with Gasteiger partial charge in [-0.2, -0.15) is 8.42 Å². The summed E-state index contributed by atoms with van der Waals surface area (Å²) >= 11 is 2.25. The third-order valence-electron chi connectivity index (χ3n) is 1.33. The maximum atomic E-state index is 8.74. The zero-order valence-corrected chi connectivity index (χ0v) is 11.6. The Hall–Kier alpha value is -0.910. The standard InChI is InChI=1S/C8H10IN3.H2O4S/c9-7-3-1-2-6(4-7)5-12-8(10)11;1-5(2,3)4/h1-4H,5H2,(H4,10,11,12);(H2,1,2,3,4). The summed E-state index contributed by atoms with van der Waals surface area (Å²) in [5, 5.41) is 0. The minimum atomic E-state index is -4.67. The second-order valence-electron chi connectivity index (χ2n) is 2.82. The summed E-state index contributed by atoms with van der Waals surface area (Å²) in [7, 11) is -4.67. The van der Waals surface area contributed by atoms with Crippen molar-refractivity contribution < 1.29 is 17.5 Å². The molecule has 0 fully saturated rings. The lowest BCUT2D eigenvalue weighted by molar-refractivity contribution is 0.381. The van der Waals surface area contributed by atoms with E-state index in [2.05, 4.69) is 27.6 Å². The molecule has 7 nitrogen and oxygen atoms in total. The van der Waals surface area contributed by atoms with Gasteiger partial charge in [0, 0.05) is 3.57 Å². The molecule has 0 unspecified atom stereocenters. The molecule has 0 aliphatic rings. The van der Waals surface area contributed by atoms with Gasteiger partial charge < -0.3 is 11.5 Å². The lowest BCUT2D eigenvalue weighted by Crippen LogP contribution is -2.22. The number of benzene rings is 1. The van der Waals surface area contributed by atoms with Crippen LogP contribution in [0, 0.1) is 3.57 Å². The van der Waals surface area contributed by atoms with Crippen LogP contribution >= 0.6 is 22.6 Å². The normalized spacial score (nSPS) is 10.1. The Balaban J connectivity index is 0.000000437. The zero-order valence-electron chi connectivity index (χ0n) is 8.62. The van der Waals surface area contributed by atoms with Crippen molar-refractivity contribution in [1.29, 1.82) is 0 Å². The van der Waals surface area contributed by atoms with Crippen LogP contribution in [0.2, 0.25) is 0 Å². The van der Waals surface area contributed by atoms with Crippen molar-refractivity contribution in [3.05, 3.63) is 33.4 Å². The number of hydrogen-bond donors (Lipinski definition) is 4. The third kappa shape index (κ3) is 13.0. The topological polar surface area (TPSA) is 139 Å². The Morgan fingerprint density at radius 2 is 1.88 bits per heavy atom. The number of rotatable bonds is 2. The molecule has 1 rings (SSSR count). The molecule has 96 valence electrons. The van der Waals surface area contributed by atoms with Gasteiger partial charge >= 0.3 is 10.4 Å². The molecule has 1 aromatic rings. The van der Waals surface area contributed by atoms with Gasteiger partial charge in [-0.05, 0) is 40.3 Å². The Bertz CT molecular complexity index is 477. The van der Waals surface area contributed by atoms with Gasteiger partial charge in [0.2, 0.25) is 0 Å². The molecule has 6 N–H and O–H groups in total. The van der Waals surface area contributed by atoms with E-state index in [9.17, 15) is 0 Å². The molecule has 0 aliphatic heterocycles. The molecule has 0 atom stereocenters. The quantitative estimate of drug-likeness (QED) is 0.256. The second kappa shape index (κ2) is 7.42. The van der Waals surface area contributed by atoms with E-state index in [1.165, 1.54) is 3.57 Å². The van der Waals surface area contributed by atoms with Crippen LogP contribution in [0.4, 0.5) is 0 Å². The van der Waals surface area contributed by atoms with E-state index in [1.54, 1.807) is 0 Å². The molecule has 1 aromatic carbocycles. The van der Waals surface area contributed by atoms with Gasteiger partial charge in [-0.1, -0.05) is 12.1 Å². The monoisotopic (exact) mass is 373 g/mol. The highest BCUT2D eigenvalue weighted by Gasteiger charge is 1.91. The average molecular weight is 373 g/mol. The maximum absolute atomic E-state index is 8.74. The summed E-state index contributed by atoms with van der Waals surface area (Å²) in [4.78, 5) is 3.90. The molecule has 0 aromatic heterocycles. The van der Waals surface area contributed by atoms with Crippen molar-refractivity contribution in [2.45, 2.75) is 6.54 Å². The fraction of sp³-hybridized carbons (Fsp3) is 0.125. The predicted molar refractivity (Wildman–Crippen MR) is 72.9 cm³/mol. The number of aliphatic imine (C=N–C) groups is 1. The minimum absolute atomic E-state index is 0.133. The van der Waals surface area contributed by atoms with Gasteiger partial charge in [-0.15, -0.1) is 0 Å². The van der Waals surface area contributed by atoms with Crippen LogP contribution in [-0.4, -0.2) is 23.5 Å². The van der Waals surface area contributed by atoms with Crippen LogP contribution in [-0.2, 0) is 16.9 Å². The summed E-state index contributed by atoms with van der Waals surface area (Å²) in [5.41, 5.74) is 11.5. The molecule has 0 saturated carbocycles. The molecule has 0 radical (unpaired) electrons. The van der Waals surface area contributed by atoms with E-state index in [0.29, 0.717) is 6.54 Å². The van der Waals surface area contributed by atoms with Crippen molar-refractivity contribution >= 4 is 38.9 Å². The van der Waals surface area contributed by atoms with Crippen LogP contribution in [0.25, 0.3) is 0 Å². The Labute approximate surface area is 113 Å². The van der Waals surface area contributed by atoms with Crippen LogP contribution < -0.4 is 11.5 Å². The smallest absolute Gasteiger partial charge is 0.370 e. The van der Waals surface area contributed by atoms with Gasteiger partial charge in [-0.3, -0.25) is 9.11 Å². The predicted octanol–water partition coefficient (Wildman–Crippen LogP) is 0.412. The molecule has 0 bridgehead atoms. The summed E-state index contributed by atoms with van der Waals surface area (Å²) < 4.78 is 32.8. The maximum Gasteiger partial charge on any atom is 0.394 e. The van der Waals surface area contributed by atoms with Gasteiger partial charge in [-0.25, -0.2) is 4.99 Å².